The topological polar surface area (TPSA) is 92.8 Å². The fourth-order valence-electron chi connectivity index (χ4n) is 3.75. The number of ether oxygens (including phenoxy) is 1. The number of anilines is 1. The Balaban J connectivity index is 1.62. The molecule has 4 rings (SSSR count). The van der Waals surface area contributed by atoms with E-state index in [0.29, 0.717) is 21.2 Å². The SMILES string of the molecule is O=C(COC(=O)[C@H](Cc1ccccc1)N1C(=O)c2c(Cl)c(Cl)c(Cl)c(Cl)c2C1=O)Nc1ccccc1Cl. The highest BCUT2D eigenvalue weighted by Gasteiger charge is 2.47. The van der Waals surface area contributed by atoms with Crippen LogP contribution in [0.4, 0.5) is 5.69 Å². The summed E-state index contributed by atoms with van der Waals surface area (Å²) in [7, 11) is 0. The van der Waals surface area contributed by atoms with Crippen molar-refractivity contribution >= 4 is 87.4 Å². The van der Waals surface area contributed by atoms with Crippen LogP contribution in [0.1, 0.15) is 26.3 Å². The van der Waals surface area contributed by atoms with Crippen LogP contribution in [0.5, 0.6) is 0 Å². The summed E-state index contributed by atoms with van der Waals surface area (Å²) in [6.45, 7) is -0.697. The molecule has 1 N–H and O–H groups in total. The van der Waals surface area contributed by atoms with Crippen molar-refractivity contribution in [3.8, 4) is 0 Å². The lowest BCUT2D eigenvalue weighted by molar-refractivity contribution is -0.151. The molecule has 190 valence electrons. The van der Waals surface area contributed by atoms with E-state index in [1.807, 2.05) is 0 Å². The van der Waals surface area contributed by atoms with Crippen molar-refractivity contribution in [3.63, 3.8) is 0 Å². The highest BCUT2D eigenvalue weighted by Crippen LogP contribution is 2.45. The Labute approximate surface area is 236 Å². The lowest BCUT2D eigenvalue weighted by Gasteiger charge is -2.24. The van der Waals surface area contributed by atoms with Gasteiger partial charge in [-0.3, -0.25) is 19.3 Å². The zero-order valence-corrected chi connectivity index (χ0v) is 22.3. The third kappa shape index (κ3) is 5.42. The van der Waals surface area contributed by atoms with Crippen LogP contribution in [0.25, 0.3) is 0 Å². The van der Waals surface area contributed by atoms with Crippen LogP contribution in [0, 0.1) is 0 Å². The van der Waals surface area contributed by atoms with Gasteiger partial charge >= 0.3 is 5.97 Å². The van der Waals surface area contributed by atoms with Crippen molar-refractivity contribution in [3.05, 3.63) is 96.4 Å². The molecule has 0 aromatic heterocycles. The zero-order chi connectivity index (χ0) is 26.9. The molecule has 3 aromatic rings. The average Bonchev–Trinajstić information content (AvgIpc) is 3.15. The summed E-state index contributed by atoms with van der Waals surface area (Å²) in [5.74, 6) is -3.48. The van der Waals surface area contributed by atoms with E-state index in [9.17, 15) is 19.2 Å². The van der Waals surface area contributed by atoms with E-state index in [-0.39, 0.29) is 37.6 Å². The Morgan fingerprint density at radius 3 is 1.89 bits per heavy atom. The molecule has 12 heteroatoms. The van der Waals surface area contributed by atoms with Crippen molar-refractivity contribution in [2.45, 2.75) is 12.5 Å². The smallest absolute Gasteiger partial charge is 0.330 e. The minimum Gasteiger partial charge on any atom is -0.454 e. The molecule has 7 nitrogen and oxygen atoms in total. The van der Waals surface area contributed by atoms with Crippen LogP contribution in [0.3, 0.4) is 0 Å². The average molecular weight is 601 g/mol. The number of benzene rings is 3. The van der Waals surface area contributed by atoms with Crippen molar-refractivity contribution in [2.75, 3.05) is 11.9 Å². The second-order valence-corrected chi connectivity index (χ2v) is 9.75. The fourth-order valence-corrected chi connectivity index (χ4v) is 4.95. The van der Waals surface area contributed by atoms with E-state index in [1.165, 1.54) is 0 Å². The summed E-state index contributed by atoms with van der Waals surface area (Å²) in [6.07, 6.45) is -0.103. The van der Waals surface area contributed by atoms with Gasteiger partial charge < -0.3 is 10.1 Å². The molecule has 0 aliphatic carbocycles. The van der Waals surface area contributed by atoms with Gasteiger partial charge in [0.25, 0.3) is 17.7 Å². The zero-order valence-electron chi connectivity index (χ0n) is 18.6. The molecule has 0 unspecified atom stereocenters. The lowest BCUT2D eigenvalue weighted by Crippen LogP contribution is -2.47. The number of rotatable bonds is 7. The van der Waals surface area contributed by atoms with E-state index >= 15 is 0 Å². The van der Waals surface area contributed by atoms with Gasteiger partial charge in [0.05, 0.1) is 41.9 Å². The van der Waals surface area contributed by atoms with Gasteiger partial charge in [-0.05, 0) is 17.7 Å². The van der Waals surface area contributed by atoms with Gasteiger partial charge in [0.1, 0.15) is 6.04 Å². The minimum atomic E-state index is -1.45. The number of amides is 3. The number of hydrogen-bond acceptors (Lipinski definition) is 5. The van der Waals surface area contributed by atoms with Crippen molar-refractivity contribution in [1.82, 2.24) is 4.90 Å². The van der Waals surface area contributed by atoms with Gasteiger partial charge in [0, 0.05) is 6.42 Å². The molecule has 0 radical (unpaired) electrons. The first-order chi connectivity index (χ1) is 17.6. The number of imide groups is 1. The molecule has 3 aromatic carbocycles. The predicted octanol–water partition coefficient (Wildman–Crippen LogP) is 6.34. The van der Waals surface area contributed by atoms with Crippen LogP contribution < -0.4 is 5.32 Å². The fraction of sp³-hybridized carbons (Fsp3) is 0.120. The predicted molar refractivity (Wildman–Crippen MR) is 142 cm³/mol. The van der Waals surface area contributed by atoms with Gasteiger partial charge in [0.15, 0.2) is 6.61 Å². The van der Waals surface area contributed by atoms with Crippen LogP contribution in [-0.2, 0) is 20.7 Å². The van der Waals surface area contributed by atoms with E-state index in [0.717, 1.165) is 0 Å². The van der Waals surface area contributed by atoms with Crippen LogP contribution in [0.15, 0.2) is 54.6 Å². The number of halogens is 5. The molecule has 1 atom stereocenters. The molecular weight excluding hydrogens is 586 g/mol. The van der Waals surface area contributed by atoms with Gasteiger partial charge in [-0.1, -0.05) is 100 Å². The van der Waals surface area contributed by atoms with E-state index < -0.39 is 36.3 Å². The Bertz CT molecular complexity index is 1380. The summed E-state index contributed by atoms with van der Waals surface area (Å²) in [4.78, 5) is 53.0. The Hall–Kier alpha value is -2.81. The molecule has 1 heterocycles. The summed E-state index contributed by atoms with van der Waals surface area (Å²) >= 11 is 30.7. The molecular formula is C25H15Cl5N2O5. The van der Waals surface area contributed by atoms with E-state index in [2.05, 4.69) is 5.32 Å². The molecule has 0 bridgehead atoms. The maximum atomic E-state index is 13.4. The summed E-state index contributed by atoms with van der Waals surface area (Å²) in [6, 6.07) is 13.7. The maximum Gasteiger partial charge on any atom is 0.330 e. The van der Waals surface area contributed by atoms with E-state index in [1.54, 1.807) is 54.6 Å². The maximum absolute atomic E-state index is 13.4. The normalized spacial score (nSPS) is 13.4. The molecule has 1 aliphatic heterocycles. The van der Waals surface area contributed by atoms with Gasteiger partial charge in [-0.25, -0.2) is 4.79 Å². The lowest BCUT2D eigenvalue weighted by atomic mass is 10.0. The van der Waals surface area contributed by atoms with Crippen molar-refractivity contribution in [2.24, 2.45) is 0 Å². The molecule has 0 fully saturated rings. The summed E-state index contributed by atoms with van der Waals surface area (Å²) in [5, 5.41) is 1.88. The highest BCUT2D eigenvalue weighted by molar-refractivity contribution is 6.55. The largest absolute Gasteiger partial charge is 0.454 e. The number of nitrogens with zero attached hydrogens (tertiary/aromatic N) is 1. The molecule has 0 spiro atoms. The number of esters is 1. The second-order valence-electron chi connectivity index (χ2n) is 7.83. The number of nitrogens with one attached hydrogen (secondary N) is 1. The molecule has 3 amide bonds. The van der Waals surface area contributed by atoms with Crippen molar-refractivity contribution in [1.29, 1.82) is 0 Å². The Morgan fingerprint density at radius 1 is 0.784 bits per heavy atom. The monoisotopic (exact) mass is 598 g/mol. The molecule has 37 heavy (non-hydrogen) atoms. The van der Waals surface area contributed by atoms with Crippen LogP contribution >= 0.6 is 58.0 Å². The quantitative estimate of drug-likeness (QED) is 0.148. The molecule has 1 aliphatic rings. The number of carbonyl (C=O) groups excluding carboxylic acids is 4. The highest BCUT2D eigenvalue weighted by atomic mass is 35.5. The van der Waals surface area contributed by atoms with Gasteiger partial charge in [-0.15, -0.1) is 0 Å². The Kier molecular flexibility index (Phi) is 8.31. The second kappa shape index (κ2) is 11.3. The van der Waals surface area contributed by atoms with Gasteiger partial charge in [-0.2, -0.15) is 0 Å². The third-order valence-electron chi connectivity index (χ3n) is 5.48. The number of para-hydroxylation sites is 1. The number of fused-ring (bicyclic) bond motifs is 1. The molecule has 0 saturated heterocycles. The summed E-state index contributed by atoms with van der Waals surface area (Å²) < 4.78 is 5.21. The first kappa shape index (κ1) is 27.2. The van der Waals surface area contributed by atoms with Crippen molar-refractivity contribution < 1.29 is 23.9 Å². The number of hydrogen-bond donors (Lipinski definition) is 1. The Morgan fingerprint density at radius 2 is 1.32 bits per heavy atom. The first-order valence-electron chi connectivity index (χ1n) is 10.6. The van der Waals surface area contributed by atoms with Crippen LogP contribution in [0.2, 0.25) is 25.1 Å². The van der Waals surface area contributed by atoms with E-state index in [4.69, 9.17) is 62.7 Å². The molecule has 0 saturated carbocycles. The minimum absolute atomic E-state index is 0.103. The standard InChI is InChI=1S/C25H15Cl5N2O5/c26-13-8-4-5-9-14(13)31-16(33)11-37-25(36)15(10-12-6-2-1-3-7-12)32-23(34)17-18(24(32)35)20(28)22(30)21(29)19(17)27/h1-9,15H,10-11H2,(H,31,33)/t15-/m0/s1. The first-order valence-corrected chi connectivity index (χ1v) is 12.5. The van der Waals surface area contributed by atoms with Gasteiger partial charge in [0.2, 0.25) is 0 Å². The van der Waals surface area contributed by atoms with Crippen LogP contribution in [-0.4, -0.2) is 41.2 Å². The third-order valence-corrected chi connectivity index (χ3v) is 7.61. The number of carbonyl (C=O) groups is 4. The summed E-state index contributed by atoms with van der Waals surface area (Å²) in [5.41, 5.74) is 0.404.